The number of H-pyrrole nitrogens is 1. The molecule has 2 fully saturated rings. The zero-order valence-electron chi connectivity index (χ0n) is 8.79. The fourth-order valence-electron chi connectivity index (χ4n) is 3.01. The maximum atomic E-state index is 4.14. The molecule has 0 aromatic carbocycles. The van der Waals surface area contributed by atoms with Crippen LogP contribution >= 0.6 is 0 Å². The minimum absolute atomic E-state index is 0.326. The molecule has 2 unspecified atom stereocenters. The van der Waals surface area contributed by atoms with Gasteiger partial charge in [0.15, 0.2) is 0 Å². The molecule has 2 aliphatic rings. The normalized spacial score (nSPS) is 34.5. The van der Waals surface area contributed by atoms with Crippen LogP contribution in [0.2, 0.25) is 0 Å². The summed E-state index contributed by atoms with van der Waals surface area (Å²) in [4.78, 5) is 4.14. The average Bonchev–Trinajstić information content (AvgIpc) is 2.91. The number of rotatable bonds is 3. The van der Waals surface area contributed by atoms with Gasteiger partial charge in [-0.25, -0.2) is 4.98 Å². The van der Waals surface area contributed by atoms with Crippen molar-refractivity contribution in [2.24, 2.45) is 0 Å². The maximum Gasteiger partial charge on any atom is 0.138 e. The summed E-state index contributed by atoms with van der Waals surface area (Å²) in [6, 6.07) is 0.667. The molecule has 0 bridgehead atoms. The molecule has 1 aliphatic heterocycles. The lowest BCUT2D eigenvalue weighted by Crippen LogP contribution is -2.49. The number of fused-ring (bicyclic) bond motifs is 1. The van der Waals surface area contributed by atoms with Gasteiger partial charge in [-0.2, -0.15) is 5.10 Å². The number of hydrogen-bond acceptors (Lipinski definition) is 4. The Balaban J connectivity index is 1.66. The fourth-order valence-corrected chi connectivity index (χ4v) is 3.01. The van der Waals surface area contributed by atoms with Crippen LogP contribution in [0.3, 0.4) is 0 Å². The number of aromatic nitrogens is 3. The second kappa shape index (κ2) is 3.57. The largest absolute Gasteiger partial charge is 0.312 e. The lowest BCUT2D eigenvalue weighted by atomic mass is 9.93. The summed E-state index contributed by atoms with van der Waals surface area (Å²) in [6.07, 6.45) is 6.74. The van der Waals surface area contributed by atoms with Gasteiger partial charge in [-0.1, -0.05) is 0 Å². The molecule has 1 aliphatic carbocycles. The molecule has 3 N–H and O–H groups in total. The number of nitrogens with zero attached hydrogens (tertiary/aromatic N) is 2. The number of nitrogens with one attached hydrogen (secondary N) is 3. The second-order valence-corrected chi connectivity index (χ2v) is 4.59. The van der Waals surface area contributed by atoms with E-state index in [1.165, 1.54) is 25.7 Å². The van der Waals surface area contributed by atoms with Gasteiger partial charge >= 0.3 is 0 Å². The van der Waals surface area contributed by atoms with Crippen molar-refractivity contribution in [3.8, 4) is 0 Å². The van der Waals surface area contributed by atoms with Crippen molar-refractivity contribution in [1.29, 1.82) is 0 Å². The first-order valence-electron chi connectivity index (χ1n) is 5.72. The number of hydrogen-bond donors (Lipinski definition) is 3. The minimum atomic E-state index is 0.326. The van der Waals surface area contributed by atoms with E-state index >= 15 is 0 Å². The van der Waals surface area contributed by atoms with E-state index in [9.17, 15) is 0 Å². The molecule has 15 heavy (non-hydrogen) atoms. The van der Waals surface area contributed by atoms with Crippen molar-refractivity contribution in [1.82, 2.24) is 25.8 Å². The fraction of sp³-hybridized carbons (Fsp3) is 0.800. The smallest absolute Gasteiger partial charge is 0.138 e. The molecule has 82 valence electrons. The van der Waals surface area contributed by atoms with E-state index in [1.54, 1.807) is 6.33 Å². The first-order chi connectivity index (χ1) is 7.39. The summed E-state index contributed by atoms with van der Waals surface area (Å²) in [5, 5.41) is 14.0. The van der Waals surface area contributed by atoms with Crippen molar-refractivity contribution in [3.63, 3.8) is 0 Å². The zero-order chi connectivity index (χ0) is 10.1. The molecular weight excluding hydrogens is 190 g/mol. The molecule has 3 rings (SSSR count). The molecule has 0 radical (unpaired) electrons. The van der Waals surface area contributed by atoms with Crippen molar-refractivity contribution < 1.29 is 0 Å². The molecular formula is C10H17N5. The first kappa shape index (κ1) is 9.30. The SMILES string of the molecule is c1n[nH]c(CNC23CCCC2NCC3)n1. The van der Waals surface area contributed by atoms with Gasteiger partial charge in [0.05, 0.1) is 6.54 Å². The van der Waals surface area contributed by atoms with Crippen LogP contribution in [0.5, 0.6) is 0 Å². The Labute approximate surface area is 89.1 Å². The monoisotopic (exact) mass is 207 g/mol. The summed E-state index contributed by atoms with van der Waals surface area (Å²) >= 11 is 0. The molecule has 5 heteroatoms. The molecule has 1 aromatic heterocycles. The van der Waals surface area contributed by atoms with E-state index in [2.05, 4.69) is 25.8 Å². The van der Waals surface area contributed by atoms with Gasteiger partial charge < -0.3 is 10.6 Å². The van der Waals surface area contributed by atoms with Gasteiger partial charge in [0.25, 0.3) is 0 Å². The van der Waals surface area contributed by atoms with Crippen molar-refractivity contribution in [3.05, 3.63) is 12.2 Å². The highest BCUT2D eigenvalue weighted by atomic mass is 15.2. The van der Waals surface area contributed by atoms with Crippen molar-refractivity contribution in [2.45, 2.75) is 43.8 Å². The van der Waals surface area contributed by atoms with Crippen LogP contribution in [-0.2, 0) is 6.54 Å². The van der Waals surface area contributed by atoms with Crippen LogP contribution in [0.4, 0.5) is 0 Å². The summed E-state index contributed by atoms with van der Waals surface area (Å²) < 4.78 is 0. The van der Waals surface area contributed by atoms with Crippen LogP contribution in [0.15, 0.2) is 6.33 Å². The third-order valence-corrected chi connectivity index (χ3v) is 3.82. The van der Waals surface area contributed by atoms with Gasteiger partial charge in [-0.15, -0.1) is 0 Å². The molecule has 5 nitrogen and oxygen atoms in total. The Morgan fingerprint density at radius 1 is 1.53 bits per heavy atom. The lowest BCUT2D eigenvalue weighted by molar-refractivity contribution is 0.315. The highest BCUT2D eigenvalue weighted by molar-refractivity contribution is 5.08. The second-order valence-electron chi connectivity index (χ2n) is 4.59. The molecule has 0 spiro atoms. The van der Waals surface area contributed by atoms with E-state index in [1.807, 2.05) is 0 Å². The predicted octanol–water partition coefficient (Wildman–Crippen LogP) is 0.179. The molecule has 1 saturated heterocycles. The first-order valence-corrected chi connectivity index (χ1v) is 5.72. The Hall–Kier alpha value is -0.940. The number of aromatic amines is 1. The molecule has 1 saturated carbocycles. The van der Waals surface area contributed by atoms with Crippen LogP contribution < -0.4 is 10.6 Å². The van der Waals surface area contributed by atoms with Crippen LogP contribution in [0, 0.1) is 0 Å². The zero-order valence-corrected chi connectivity index (χ0v) is 8.79. The highest BCUT2D eigenvalue weighted by Crippen LogP contribution is 2.36. The third kappa shape index (κ3) is 1.55. The Morgan fingerprint density at radius 2 is 2.53 bits per heavy atom. The quantitative estimate of drug-likeness (QED) is 0.661. The van der Waals surface area contributed by atoms with Crippen LogP contribution in [-0.4, -0.2) is 33.3 Å². The van der Waals surface area contributed by atoms with E-state index in [0.717, 1.165) is 18.9 Å². The van der Waals surface area contributed by atoms with Gasteiger partial charge in [-0.05, 0) is 32.2 Å². The van der Waals surface area contributed by atoms with E-state index in [-0.39, 0.29) is 0 Å². The maximum absolute atomic E-state index is 4.14. The summed E-state index contributed by atoms with van der Waals surface area (Å²) in [6.45, 7) is 1.95. The lowest BCUT2D eigenvalue weighted by Gasteiger charge is -2.29. The topological polar surface area (TPSA) is 65.6 Å². The van der Waals surface area contributed by atoms with E-state index in [0.29, 0.717) is 11.6 Å². The van der Waals surface area contributed by atoms with Crippen molar-refractivity contribution >= 4 is 0 Å². The van der Waals surface area contributed by atoms with Crippen molar-refractivity contribution in [2.75, 3.05) is 6.54 Å². The van der Waals surface area contributed by atoms with Gasteiger partial charge in [0, 0.05) is 11.6 Å². The summed E-state index contributed by atoms with van der Waals surface area (Å²) in [5.41, 5.74) is 0.326. The highest BCUT2D eigenvalue weighted by Gasteiger charge is 2.45. The Bertz CT molecular complexity index is 311. The Morgan fingerprint density at radius 3 is 3.40 bits per heavy atom. The third-order valence-electron chi connectivity index (χ3n) is 3.82. The molecule has 1 aromatic rings. The van der Waals surface area contributed by atoms with E-state index < -0.39 is 0 Å². The predicted molar refractivity (Wildman–Crippen MR) is 56.2 cm³/mol. The van der Waals surface area contributed by atoms with Gasteiger partial charge in [0.2, 0.25) is 0 Å². The summed E-state index contributed by atoms with van der Waals surface area (Å²) in [7, 11) is 0. The van der Waals surface area contributed by atoms with Gasteiger partial charge in [0.1, 0.15) is 12.2 Å². The molecule has 0 amide bonds. The van der Waals surface area contributed by atoms with E-state index in [4.69, 9.17) is 0 Å². The van der Waals surface area contributed by atoms with Gasteiger partial charge in [-0.3, -0.25) is 5.10 Å². The summed E-state index contributed by atoms with van der Waals surface area (Å²) in [5.74, 6) is 0.932. The average molecular weight is 207 g/mol. The van der Waals surface area contributed by atoms with Crippen LogP contribution in [0.25, 0.3) is 0 Å². The Kier molecular flexibility index (Phi) is 2.21. The van der Waals surface area contributed by atoms with Crippen LogP contribution in [0.1, 0.15) is 31.5 Å². The molecule has 2 atom stereocenters. The molecule has 2 heterocycles. The standard InChI is InChI=1S/C10H17N5/c1-2-8-10(3-1,4-5-11-8)13-6-9-12-7-14-15-9/h7-8,11,13H,1-6H2,(H,12,14,15). The minimum Gasteiger partial charge on any atom is -0.312 e.